The third-order valence-corrected chi connectivity index (χ3v) is 6.90. The number of hydrogen-bond donors (Lipinski definition) is 0. The molecule has 0 aromatic heterocycles. The van der Waals surface area contributed by atoms with E-state index in [0.29, 0.717) is 29.2 Å². The van der Waals surface area contributed by atoms with Crippen molar-refractivity contribution in [1.82, 2.24) is 4.90 Å². The minimum absolute atomic E-state index is 0. The van der Waals surface area contributed by atoms with Gasteiger partial charge in [0.15, 0.2) is 0 Å². The fourth-order valence-electron chi connectivity index (χ4n) is 5.85. The van der Waals surface area contributed by atoms with Crippen LogP contribution < -0.4 is 0 Å². The molecule has 0 amide bonds. The smallest absolute Gasteiger partial charge is 0.134 e. The quantitative estimate of drug-likeness (QED) is 0.830. The lowest BCUT2D eigenvalue weighted by molar-refractivity contribution is -0.139. The second kappa shape index (κ2) is 5.35. The molecule has 1 aromatic rings. The first-order valence-corrected chi connectivity index (χ1v) is 8.39. The highest BCUT2D eigenvalue weighted by Gasteiger charge is 2.60. The summed E-state index contributed by atoms with van der Waals surface area (Å²) in [6, 6.07) is 10.1. The predicted octanol–water partition coefficient (Wildman–Crippen LogP) is 3.61. The van der Waals surface area contributed by atoms with E-state index in [1.807, 2.05) is 0 Å². The zero-order valence-corrected chi connectivity index (χ0v) is 14.5. The Kier molecular flexibility index (Phi) is 3.89. The maximum atomic E-state index is 12.1. The highest BCUT2D eigenvalue weighted by Crippen LogP contribution is 2.59. The van der Waals surface area contributed by atoms with Crippen LogP contribution >= 0.6 is 12.4 Å². The molecule has 1 saturated carbocycles. The van der Waals surface area contributed by atoms with E-state index in [9.17, 15) is 4.79 Å². The molecule has 2 aliphatic carbocycles. The Bertz CT molecular complexity index is 601. The number of carbonyl (C=O) groups is 1. The Morgan fingerprint density at radius 3 is 2.73 bits per heavy atom. The van der Waals surface area contributed by atoms with E-state index in [4.69, 9.17) is 0 Å². The Hall–Kier alpha value is -0.860. The number of nitrogens with zero attached hydrogens (tertiary/aromatic N) is 1. The summed E-state index contributed by atoms with van der Waals surface area (Å²) in [5.74, 6) is 1.32. The van der Waals surface area contributed by atoms with Gasteiger partial charge in [0.25, 0.3) is 0 Å². The number of halogens is 1. The molecule has 2 nitrogen and oxygen atoms in total. The van der Waals surface area contributed by atoms with Gasteiger partial charge in [0, 0.05) is 23.4 Å². The number of fused-ring (bicyclic) bond motifs is 2. The van der Waals surface area contributed by atoms with E-state index in [2.05, 4.69) is 43.1 Å². The zero-order valence-electron chi connectivity index (χ0n) is 13.7. The number of likely N-dealkylation sites (N-methyl/N-ethyl adjacent to an activating group) is 1. The van der Waals surface area contributed by atoms with Gasteiger partial charge in [-0.1, -0.05) is 31.2 Å². The molecule has 5 rings (SSSR count). The Labute approximate surface area is 139 Å². The van der Waals surface area contributed by atoms with Crippen LogP contribution in [0.15, 0.2) is 24.3 Å². The molecule has 4 bridgehead atoms. The first-order chi connectivity index (χ1) is 10.1. The lowest BCUT2D eigenvalue weighted by Gasteiger charge is -2.65. The van der Waals surface area contributed by atoms with Gasteiger partial charge in [-0.3, -0.25) is 9.69 Å². The fourth-order valence-corrected chi connectivity index (χ4v) is 5.85. The van der Waals surface area contributed by atoms with Gasteiger partial charge in [-0.05, 0) is 56.7 Å². The summed E-state index contributed by atoms with van der Waals surface area (Å²) >= 11 is 0. The third kappa shape index (κ3) is 1.86. The SMILES string of the molecule is CC[C@@]12CC3[C@@H](C(C)=O)CC1C(Cc1ccccc12)N3C.Cl. The second-order valence-corrected chi connectivity index (χ2v) is 7.43. The van der Waals surface area contributed by atoms with E-state index < -0.39 is 0 Å². The summed E-state index contributed by atoms with van der Waals surface area (Å²) < 4.78 is 0. The second-order valence-electron chi connectivity index (χ2n) is 7.43. The number of carbonyl (C=O) groups excluding carboxylic acids is 1. The molecule has 2 heterocycles. The normalized spacial score (nSPS) is 39.0. The van der Waals surface area contributed by atoms with Gasteiger partial charge in [-0.15, -0.1) is 12.4 Å². The number of piperidine rings is 2. The zero-order chi connectivity index (χ0) is 14.8. The molecule has 3 heteroatoms. The third-order valence-electron chi connectivity index (χ3n) is 6.90. The summed E-state index contributed by atoms with van der Waals surface area (Å²) in [5, 5.41) is 0. The van der Waals surface area contributed by atoms with Crippen LogP contribution in [0.2, 0.25) is 0 Å². The summed E-state index contributed by atoms with van der Waals surface area (Å²) in [5.41, 5.74) is 3.46. The van der Waals surface area contributed by atoms with Crippen molar-refractivity contribution in [2.45, 2.75) is 57.0 Å². The Morgan fingerprint density at radius 2 is 2.05 bits per heavy atom. The monoisotopic (exact) mass is 319 g/mol. The number of benzene rings is 1. The first kappa shape index (κ1) is 16.0. The maximum Gasteiger partial charge on any atom is 0.134 e. The van der Waals surface area contributed by atoms with Crippen molar-refractivity contribution >= 4 is 18.2 Å². The van der Waals surface area contributed by atoms with Gasteiger partial charge in [-0.2, -0.15) is 0 Å². The predicted molar refractivity (Wildman–Crippen MR) is 91.6 cm³/mol. The fraction of sp³-hybridized carbons (Fsp3) is 0.632. The van der Waals surface area contributed by atoms with Gasteiger partial charge in [0.1, 0.15) is 5.78 Å². The number of rotatable bonds is 2. The van der Waals surface area contributed by atoms with Crippen LogP contribution in [0.4, 0.5) is 0 Å². The molecule has 3 fully saturated rings. The van der Waals surface area contributed by atoms with Gasteiger partial charge >= 0.3 is 0 Å². The average molecular weight is 320 g/mol. The number of hydrogen-bond acceptors (Lipinski definition) is 2. The molecule has 3 unspecified atom stereocenters. The molecular formula is C19H26ClNO. The van der Waals surface area contributed by atoms with Gasteiger partial charge < -0.3 is 0 Å². The van der Waals surface area contributed by atoms with Crippen molar-refractivity contribution in [2.24, 2.45) is 11.8 Å². The standard InChI is InChI=1S/C19H25NO.ClH/c1-4-19-11-18-14(12(2)21)10-16(19)17(20(18)3)9-13-7-5-6-8-15(13)19;/h5-8,14,16-18H,4,9-11H2,1-3H3;1H/t14-,16?,17?,18?,19+;/m1./s1. The van der Waals surface area contributed by atoms with Crippen molar-refractivity contribution in [3.63, 3.8) is 0 Å². The minimum atomic E-state index is 0. The lowest BCUT2D eigenvalue weighted by Crippen LogP contribution is -2.69. The van der Waals surface area contributed by atoms with E-state index in [0.717, 1.165) is 6.42 Å². The van der Waals surface area contributed by atoms with Crippen molar-refractivity contribution in [2.75, 3.05) is 7.05 Å². The molecule has 0 radical (unpaired) electrons. The summed E-state index contributed by atoms with van der Waals surface area (Å²) in [7, 11) is 2.25. The lowest BCUT2D eigenvalue weighted by atomic mass is 9.48. The van der Waals surface area contributed by atoms with Crippen molar-refractivity contribution < 1.29 is 4.79 Å². The summed E-state index contributed by atoms with van der Waals surface area (Å²) in [4.78, 5) is 14.6. The molecule has 4 aliphatic rings. The largest absolute Gasteiger partial charge is 0.300 e. The van der Waals surface area contributed by atoms with Crippen LogP contribution in [0.5, 0.6) is 0 Å². The van der Waals surface area contributed by atoms with Crippen molar-refractivity contribution in [1.29, 1.82) is 0 Å². The highest BCUT2D eigenvalue weighted by molar-refractivity contribution is 5.85. The molecular weight excluding hydrogens is 294 g/mol. The molecule has 120 valence electrons. The van der Waals surface area contributed by atoms with Gasteiger partial charge in [0.05, 0.1) is 0 Å². The van der Waals surface area contributed by atoms with E-state index in [1.165, 1.54) is 19.3 Å². The molecule has 5 atom stereocenters. The Morgan fingerprint density at radius 1 is 1.32 bits per heavy atom. The molecule has 0 N–H and O–H groups in total. The number of ketones is 1. The van der Waals surface area contributed by atoms with Crippen molar-refractivity contribution in [3.05, 3.63) is 35.4 Å². The number of Topliss-reactive ketones (excluding diaryl/α,β-unsaturated/α-hetero) is 1. The molecule has 2 saturated heterocycles. The summed E-state index contributed by atoms with van der Waals surface area (Å²) in [6.45, 7) is 4.14. The topological polar surface area (TPSA) is 20.3 Å². The van der Waals surface area contributed by atoms with Crippen LogP contribution in [-0.2, 0) is 16.6 Å². The van der Waals surface area contributed by atoms with E-state index in [1.54, 1.807) is 18.1 Å². The summed E-state index contributed by atoms with van der Waals surface area (Å²) in [6.07, 6.45) is 4.65. The van der Waals surface area contributed by atoms with Crippen LogP contribution in [0, 0.1) is 11.8 Å². The first-order valence-electron chi connectivity index (χ1n) is 8.39. The average Bonchev–Trinajstić information content (AvgIpc) is 2.50. The van der Waals surface area contributed by atoms with Crippen molar-refractivity contribution in [3.8, 4) is 0 Å². The van der Waals surface area contributed by atoms with Crippen LogP contribution in [-0.4, -0.2) is 29.8 Å². The van der Waals surface area contributed by atoms with Crippen LogP contribution in [0.1, 0.15) is 44.2 Å². The minimum Gasteiger partial charge on any atom is -0.300 e. The van der Waals surface area contributed by atoms with Gasteiger partial charge in [-0.25, -0.2) is 0 Å². The van der Waals surface area contributed by atoms with Gasteiger partial charge in [0.2, 0.25) is 0 Å². The molecule has 2 aliphatic heterocycles. The van der Waals surface area contributed by atoms with Crippen LogP contribution in [0.3, 0.4) is 0 Å². The maximum absolute atomic E-state index is 12.1. The Balaban J connectivity index is 0.00000144. The molecule has 0 spiro atoms. The van der Waals surface area contributed by atoms with Crippen LogP contribution in [0.25, 0.3) is 0 Å². The molecule has 22 heavy (non-hydrogen) atoms. The highest BCUT2D eigenvalue weighted by atomic mass is 35.5. The van der Waals surface area contributed by atoms with E-state index >= 15 is 0 Å². The van der Waals surface area contributed by atoms with E-state index in [-0.39, 0.29) is 18.3 Å². The molecule has 1 aromatic carbocycles.